The minimum atomic E-state index is -0.623. The van der Waals surface area contributed by atoms with Crippen molar-refractivity contribution in [3.8, 4) is 0 Å². The van der Waals surface area contributed by atoms with E-state index in [1.807, 2.05) is 58.3 Å². The predicted molar refractivity (Wildman–Crippen MR) is 147 cm³/mol. The maximum atomic E-state index is 13.4. The van der Waals surface area contributed by atoms with E-state index in [2.05, 4.69) is 36.2 Å². The molecular weight excluding hydrogens is 484 g/mol. The fraction of sp³-hybridized carbons (Fsp3) is 0.483. The molecule has 2 atom stereocenters. The van der Waals surface area contributed by atoms with Crippen LogP contribution in [0.5, 0.6) is 0 Å². The van der Waals surface area contributed by atoms with E-state index in [1.165, 1.54) is 0 Å². The number of carbonyl (C=O) groups is 3. The standard InChI is InChI=1S/C29H36N4O3S/c1-21(2)13-16-32-26(35)24(37-27(32)22-9-5-3-6-10-22)19-25(34)31-17-14-29(15-18-31)28(36)30-20-33(29)23-11-7-4-8-12-23/h3-12,21,24,27H,13-20H2,1-2H3,(H,30,36). The second-order valence-electron chi connectivity index (χ2n) is 10.6. The number of hydrogen-bond donors (Lipinski definition) is 1. The topological polar surface area (TPSA) is 73.0 Å². The number of nitrogens with one attached hydrogen (secondary N) is 1. The van der Waals surface area contributed by atoms with E-state index in [1.54, 1.807) is 11.8 Å². The summed E-state index contributed by atoms with van der Waals surface area (Å²) in [5.41, 5.74) is 1.50. The third-order valence-corrected chi connectivity index (χ3v) is 9.36. The lowest BCUT2D eigenvalue weighted by Crippen LogP contribution is -2.57. The molecule has 3 aliphatic heterocycles. The van der Waals surface area contributed by atoms with E-state index in [-0.39, 0.29) is 34.8 Å². The molecular formula is C29H36N4O3S. The number of para-hydroxylation sites is 1. The number of likely N-dealkylation sites (tertiary alicyclic amines) is 1. The normalized spacial score (nSPS) is 23.3. The molecule has 3 amide bonds. The van der Waals surface area contributed by atoms with Crippen molar-refractivity contribution < 1.29 is 14.4 Å². The van der Waals surface area contributed by atoms with E-state index in [9.17, 15) is 14.4 Å². The van der Waals surface area contributed by atoms with Gasteiger partial charge in [0.25, 0.3) is 0 Å². The van der Waals surface area contributed by atoms with Crippen molar-refractivity contribution in [2.24, 2.45) is 5.92 Å². The second-order valence-corrected chi connectivity index (χ2v) is 11.9. The zero-order valence-electron chi connectivity index (χ0n) is 21.6. The average molecular weight is 521 g/mol. The van der Waals surface area contributed by atoms with Crippen molar-refractivity contribution in [3.05, 3.63) is 66.2 Å². The maximum absolute atomic E-state index is 13.4. The second kappa shape index (κ2) is 10.8. The summed E-state index contributed by atoms with van der Waals surface area (Å²) in [6.07, 6.45) is 2.30. The maximum Gasteiger partial charge on any atom is 0.247 e. The highest BCUT2D eigenvalue weighted by molar-refractivity contribution is 8.01. The minimum absolute atomic E-state index is 0.00267. The summed E-state index contributed by atoms with van der Waals surface area (Å²) < 4.78 is 0. The number of amides is 3. The van der Waals surface area contributed by atoms with Gasteiger partial charge in [0.2, 0.25) is 17.7 Å². The van der Waals surface area contributed by atoms with Crippen molar-refractivity contribution in [2.75, 3.05) is 31.2 Å². The third kappa shape index (κ3) is 5.08. The molecule has 0 bridgehead atoms. The van der Waals surface area contributed by atoms with E-state index < -0.39 is 5.54 Å². The molecule has 2 aromatic carbocycles. The third-order valence-electron chi connectivity index (χ3n) is 7.88. The lowest BCUT2D eigenvalue weighted by atomic mass is 9.85. The summed E-state index contributed by atoms with van der Waals surface area (Å²) in [7, 11) is 0. The van der Waals surface area contributed by atoms with Gasteiger partial charge in [0.15, 0.2) is 0 Å². The molecule has 2 aromatic rings. The van der Waals surface area contributed by atoms with Crippen LogP contribution in [0.1, 0.15) is 50.5 Å². The highest BCUT2D eigenvalue weighted by atomic mass is 32.2. The lowest BCUT2D eigenvalue weighted by Gasteiger charge is -2.43. The fourth-order valence-corrected chi connectivity index (χ4v) is 7.14. The number of rotatable bonds is 7. The minimum Gasteiger partial charge on any atom is -0.342 e. The van der Waals surface area contributed by atoms with Crippen LogP contribution in [0.2, 0.25) is 0 Å². The molecule has 0 aromatic heterocycles. The first-order valence-electron chi connectivity index (χ1n) is 13.3. The van der Waals surface area contributed by atoms with Gasteiger partial charge < -0.3 is 20.0 Å². The van der Waals surface area contributed by atoms with Crippen LogP contribution in [0.3, 0.4) is 0 Å². The quantitative estimate of drug-likeness (QED) is 0.597. The summed E-state index contributed by atoms with van der Waals surface area (Å²) in [4.78, 5) is 45.7. The first-order chi connectivity index (χ1) is 17.9. The Kier molecular flexibility index (Phi) is 7.47. The van der Waals surface area contributed by atoms with Gasteiger partial charge in [-0.1, -0.05) is 62.4 Å². The van der Waals surface area contributed by atoms with Crippen molar-refractivity contribution in [2.45, 2.75) is 55.7 Å². The highest BCUT2D eigenvalue weighted by Gasteiger charge is 2.51. The van der Waals surface area contributed by atoms with Crippen LogP contribution in [-0.4, -0.2) is 64.6 Å². The van der Waals surface area contributed by atoms with Crippen molar-refractivity contribution >= 4 is 35.2 Å². The predicted octanol–water partition coefficient (Wildman–Crippen LogP) is 4.02. The molecule has 7 nitrogen and oxygen atoms in total. The highest BCUT2D eigenvalue weighted by Crippen LogP contribution is 2.45. The van der Waals surface area contributed by atoms with Gasteiger partial charge in [0.05, 0.1) is 11.9 Å². The molecule has 0 radical (unpaired) electrons. The molecule has 5 rings (SSSR count). The molecule has 2 unspecified atom stereocenters. The van der Waals surface area contributed by atoms with E-state index in [4.69, 9.17) is 0 Å². The molecule has 1 N–H and O–H groups in total. The Labute approximate surface area is 223 Å². The average Bonchev–Trinajstić information content (AvgIpc) is 3.40. The Balaban J connectivity index is 1.24. The van der Waals surface area contributed by atoms with Crippen LogP contribution in [0.4, 0.5) is 5.69 Å². The number of carbonyl (C=O) groups excluding carboxylic acids is 3. The summed E-state index contributed by atoms with van der Waals surface area (Å²) in [5, 5.41) is 2.58. The van der Waals surface area contributed by atoms with Gasteiger partial charge in [-0.15, -0.1) is 11.8 Å². The van der Waals surface area contributed by atoms with Gasteiger partial charge in [-0.3, -0.25) is 14.4 Å². The Morgan fingerprint density at radius 1 is 1.03 bits per heavy atom. The molecule has 3 aliphatic rings. The molecule has 1 spiro atoms. The molecule has 196 valence electrons. The molecule has 3 saturated heterocycles. The summed E-state index contributed by atoms with van der Waals surface area (Å²) in [6, 6.07) is 20.1. The molecule has 37 heavy (non-hydrogen) atoms. The number of nitrogens with zero attached hydrogens (tertiary/aromatic N) is 3. The van der Waals surface area contributed by atoms with E-state index >= 15 is 0 Å². The van der Waals surface area contributed by atoms with Gasteiger partial charge in [0.1, 0.15) is 10.9 Å². The van der Waals surface area contributed by atoms with Crippen LogP contribution in [0, 0.1) is 5.92 Å². The van der Waals surface area contributed by atoms with Gasteiger partial charge in [-0.2, -0.15) is 0 Å². The van der Waals surface area contributed by atoms with Gasteiger partial charge >= 0.3 is 0 Å². The number of piperidine rings is 1. The number of anilines is 1. The summed E-state index contributed by atoms with van der Waals surface area (Å²) >= 11 is 1.60. The van der Waals surface area contributed by atoms with Crippen LogP contribution >= 0.6 is 11.8 Å². The van der Waals surface area contributed by atoms with Gasteiger partial charge in [-0.25, -0.2) is 0 Å². The van der Waals surface area contributed by atoms with Crippen molar-refractivity contribution in [1.29, 1.82) is 0 Å². The zero-order chi connectivity index (χ0) is 26.0. The van der Waals surface area contributed by atoms with Crippen LogP contribution in [-0.2, 0) is 14.4 Å². The lowest BCUT2D eigenvalue weighted by molar-refractivity contribution is -0.138. The number of thioether (sulfide) groups is 1. The van der Waals surface area contributed by atoms with Crippen LogP contribution < -0.4 is 10.2 Å². The molecule has 0 aliphatic carbocycles. The molecule has 8 heteroatoms. The Morgan fingerprint density at radius 2 is 1.68 bits per heavy atom. The zero-order valence-corrected chi connectivity index (χ0v) is 22.5. The van der Waals surface area contributed by atoms with Gasteiger partial charge in [-0.05, 0) is 42.9 Å². The van der Waals surface area contributed by atoms with Crippen molar-refractivity contribution in [3.63, 3.8) is 0 Å². The van der Waals surface area contributed by atoms with Crippen LogP contribution in [0.25, 0.3) is 0 Å². The molecule has 0 saturated carbocycles. The molecule has 3 fully saturated rings. The number of hydrogen-bond acceptors (Lipinski definition) is 5. The van der Waals surface area contributed by atoms with E-state index in [0.29, 0.717) is 45.1 Å². The largest absolute Gasteiger partial charge is 0.342 e. The fourth-order valence-electron chi connectivity index (χ4n) is 5.67. The summed E-state index contributed by atoms with van der Waals surface area (Å²) in [6.45, 7) is 6.54. The first kappa shape index (κ1) is 25.6. The first-order valence-corrected chi connectivity index (χ1v) is 14.2. The SMILES string of the molecule is CC(C)CCN1C(=O)C(CC(=O)N2CCC3(CC2)C(=O)NCN3c2ccccc2)SC1c1ccccc1. The Hall–Kier alpha value is -3.00. The van der Waals surface area contributed by atoms with Gasteiger partial charge in [0, 0.05) is 31.7 Å². The van der Waals surface area contributed by atoms with Crippen molar-refractivity contribution in [1.82, 2.24) is 15.1 Å². The van der Waals surface area contributed by atoms with E-state index in [0.717, 1.165) is 17.7 Å². The molecule has 3 heterocycles. The Morgan fingerprint density at radius 3 is 2.32 bits per heavy atom. The monoisotopic (exact) mass is 520 g/mol. The smallest absolute Gasteiger partial charge is 0.247 e. The Bertz CT molecular complexity index is 1120. The number of benzene rings is 2. The van der Waals surface area contributed by atoms with Crippen LogP contribution in [0.15, 0.2) is 60.7 Å². The summed E-state index contributed by atoms with van der Waals surface area (Å²) in [5.74, 6) is 0.602.